The molecule has 0 amide bonds. The van der Waals surface area contributed by atoms with Crippen LogP contribution in [0.5, 0.6) is 5.75 Å². The summed E-state index contributed by atoms with van der Waals surface area (Å²) in [5.41, 5.74) is 5.81. The molecule has 3 rings (SSSR count). The summed E-state index contributed by atoms with van der Waals surface area (Å²) in [5.74, 6) is 0.639. The molecule has 0 bridgehead atoms. The molecule has 0 N–H and O–H groups in total. The second kappa shape index (κ2) is 8.66. The molecule has 0 saturated carbocycles. The van der Waals surface area contributed by atoms with Crippen molar-refractivity contribution in [3.63, 3.8) is 0 Å². The fourth-order valence-corrected chi connectivity index (χ4v) is 3.21. The van der Waals surface area contributed by atoms with Gasteiger partial charge in [0.05, 0.1) is 0 Å². The highest BCUT2D eigenvalue weighted by Crippen LogP contribution is 2.34. The number of ether oxygens (including phenoxy) is 1. The molecule has 0 fully saturated rings. The number of halogens is 1. The molecular formula is C24H25FO. The van der Waals surface area contributed by atoms with Crippen LogP contribution in [0.3, 0.4) is 0 Å². The van der Waals surface area contributed by atoms with Gasteiger partial charge in [-0.25, -0.2) is 4.39 Å². The van der Waals surface area contributed by atoms with Crippen LogP contribution in [0.2, 0.25) is 0 Å². The predicted octanol–water partition coefficient (Wildman–Crippen LogP) is 6.59. The number of rotatable bonds is 7. The van der Waals surface area contributed by atoms with Crippen LogP contribution in [0.25, 0.3) is 11.1 Å². The van der Waals surface area contributed by atoms with Gasteiger partial charge in [-0.05, 0) is 59.4 Å². The molecule has 2 heteroatoms. The summed E-state index contributed by atoms with van der Waals surface area (Å²) >= 11 is 0. The van der Waals surface area contributed by atoms with Crippen LogP contribution in [0.1, 0.15) is 37.0 Å². The van der Waals surface area contributed by atoms with Crippen LogP contribution in [-0.2, 0) is 19.4 Å². The van der Waals surface area contributed by atoms with Gasteiger partial charge in [0.2, 0.25) is 0 Å². The van der Waals surface area contributed by atoms with Crippen LogP contribution < -0.4 is 4.74 Å². The SMILES string of the molecule is CCCc1cc(OCc2ccccc2)c(-c2ccc(F)cc2)cc1CC. The zero-order valence-corrected chi connectivity index (χ0v) is 15.5. The minimum atomic E-state index is -0.223. The first kappa shape index (κ1) is 18.2. The quantitative estimate of drug-likeness (QED) is 0.468. The number of hydrogen-bond donors (Lipinski definition) is 0. The molecule has 134 valence electrons. The highest BCUT2D eigenvalue weighted by molar-refractivity contribution is 5.72. The van der Waals surface area contributed by atoms with Crippen molar-refractivity contribution >= 4 is 0 Å². The molecule has 0 atom stereocenters. The molecule has 0 radical (unpaired) electrons. The molecule has 0 unspecified atom stereocenters. The van der Waals surface area contributed by atoms with Gasteiger partial charge in [0.15, 0.2) is 0 Å². The van der Waals surface area contributed by atoms with Crippen molar-refractivity contribution in [1.29, 1.82) is 0 Å². The standard InChI is InChI=1S/C24H25FO/c1-3-8-21-16-24(26-17-18-9-6-5-7-10-18)23(15-19(21)4-2)20-11-13-22(25)14-12-20/h5-7,9-16H,3-4,8,17H2,1-2H3. The highest BCUT2D eigenvalue weighted by Gasteiger charge is 2.12. The van der Waals surface area contributed by atoms with Gasteiger partial charge in [-0.2, -0.15) is 0 Å². The fourth-order valence-electron chi connectivity index (χ4n) is 3.21. The van der Waals surface area contributed by atoms with Gasteiger partial charge in [0.25, 0.3) is 0 Å². The monoisotopic (exact) mass is 348 g/mol. The lowest BCUT2D eigenvalue weighted by atomic mass is 9.94. The lowest BCUT2D eigenvalue weighted by molar-refractivity contribution is 0.307. The van der Waals surface area contributed by atoms with E-state index in [-0.39, 0.29) is 5.82 Å². The van der Waals surface area contributed by atoms with E-state index < -0.39 is 0 Å². The summed E-state index contributed by atoms with van der Waals surface area (Å²) in [6.45, 7) is 4.89. The Kier molecular flexibility index (Phi) is 6.06. The van der Waals surface area contributed by atoms with E-state index >= 15 is 0 Å². The summed E-state index contributed by atoms with van der Waals surface area (Å²) in [6, 6.07) is 21.2. The van der Waals surface area contributed by atoms with Gasteiger partial charge in [-0.15, -0.1) is 0 Å². The average Bonchev–Trinajstić information content (AvgIpc) is 2.68. The molecule has 26 heavy (non-hydrogen) atoms. The van der Waals surface area contributed by atoms with Crippen molar-refractivity contribution in [2.45, 2.75) is 39.7 Å². The summed E-state index contributed by atoms with van der Waals surface area (Å²) < 4.78 is 19.6. The molecule has 0 saturated heterocycles. The Labute approximate surface area is 155 Å². The second-order valence-corrected chi connectivity index (χ2v) is 6.50. The molecule has 0 aliphatic heterocycles. The van der Waals surface area contributed by atoms with Crippen LogP contribution in [0.15, 0.2) is 66.7 Å². The van der Waals surface area contributed by atoms with Crippen LogP contribution in [0, 0.1) is 5.82 Å². The predicted molar refractivity (Wildman–Crippen MR) is 106 cm³/mol. The second-order valence-electron chi connectivity index (χ2n) is 6.50. The minimum Gasteiger partial charge on any atom is -0.488 e. The topological polar surface area (TPSA) is 9.23 Å². The maximum absolute atomic E-state index is 13.4. The summed E-state index contributed by atoms with van der Waals surface area (Å²) in [6.07, 6.45) is 3.11. The van der Waals surface area contributed by atoms with E-state index in [1.165, 1.54) is 23.3 Å². The lowest BCUT2D eigenvalue weighted by Gasteiger charge is -2.17. The Morgan fingerprint density at radius 2 is 1.58 bits per heavy atom. The van der Waals surface area contributed by atoms with Gasteiger partial charge < -0.3 is 4.74 Å². The van der Waals surface area contributed by atoms with E-state index in [4.69, 9.17) is 4.74 Å². The third-order valence-corrected chi connectivity index (χ3v) is 4.59. The first-order valence-corrected chi connectivity index (χ1v) is 9.29. The molecule has 3 aromatic carbocycles. The van der Waals surface area contributed by atoms with E-state index in [0.717, 1.165) is 41.7 Å². The van der Waals surface area contributed by atoms with Crippen LogP contribution >= 0.6 is 0 Å². The van der Waals surface area contributed by atoms with E-state index in [9.17, 15) is 4.39 Å². The normalized spacial score (nSPS) is 10.7. The fraction of sp³-hybridized carbons (Fsp3) is 0.250. The lowest BCUT2D eigenvalue weighted by Crippen LogP contribution is -2.01. The van der Waals surface area contributed by atoms with E-state index in [1.54, 1.807) is 0 Å². The Hall–Kier alpha value is -2.61. The average molecular weight is 348 g/mol. The Bertz CT molecular complexity index is 838. The summed E-state index contributed by atoms with van der Waals surface area (Å²) in [7, 11) is 0. The number of benzene rings is 3. The number of aryl methyl sites for hydroxylation is 2. The van der Waals surface area contributed by atoms with Crippen molar-refractivity contribution in [2.75, 3.05) is 0 Å². The van der Waals surface area contributed by atoms with E-state index in [2.05, 4.69) is 38.1 Å². The maximum Gasteiger partial charge on any atom is 0.127 e. The molecule has 0 spiro atoms. The third kappa shape index (κ3) is 4.32. The molecule has 1 nitrogen and oxygen atoms in total. The summed E-state index contributed by atoms with van der Waals surface area (Å²) in [4.78, 5) is 0. The smallest absolute Gasteiger partial charge is 0.127 e. The Morgan fingerprint density at radius 1 is 0.846 bits per heavy atom. The van der Waals surface area contributed by atoms with Crippen molar-refractivity contribution in [3.05, 3.63) is 89.2 Å². The van der Waals surface area contributed by atoms with Gasteiger partial charge in [-0.3, -0.25) is 0 Å². The first-order chi connectivity index (χ1) is 12.7. The van der Waals surface area contributed by atoms with Crippen molar-refractivity contribution in [2.24, 2.45) is 0 Å². The Morgan fingerprint density at radius 3 is 2.23 bits per heavy atom. The highest BCUT2D eigenvalue weighted by atomic mass is 19.1. The molecule has 0 aliphatic rings. The van der Waals surface area contributed by atoms with Crippen molar-refractivity contribution < 1.29 is 9.13 Å². The summed E-state index contributed by atoms with van der Waals surface area (Å²) in [5, 5.41) is 0. The zero-order chi connectivity index (χ0) is 18.4. The maximum atomic E-state index is 13.4. The van der Waals surface area contributed by atoms with Gasteiger partial charge >= 0.3 is 0 Å². The van der Waals surface area contributed by atoms with Crippen molar-refractivity contribution in [1.82, 2.24) is 0 Å². The molecule has 0 heterocycles. The third-order valence-electron chi connectivity index (χ3n) is 4.59. The molecular weight excluding hydrogens is 323 g/mol. The minimum absolute atomic E-state index is 0.223. The number of hydrogen-bond acceptors (Lipinski definition) is 1. The van der Waals surface area contributed by atoms with E-state index in [0.29, 0.717) is 6.61 Å². The molecule has 0 aromatic heterocycles. The van der Waals surface area contributed by atoms with Crippen molar-refractivity contribution in [3.8, 4) is 16.9 Å². The molecule has 0 aliphatic carbocycles. The molecule has 3 aromatic rings. The van der Waals surface area contributed by atoms with E-state index in [1.807, 2.05) is 30.3 Å². The largest absolute Gasteiger partial charge is 0.488 e. The van der Waals surface area contributed by atoms with Crippen LogP contribution in [-0.4, -0.2) is 0 Å². The zero-order valence-electron chi connectivity index (χ0n) is 15.5. The van der Waals surface area contributed by atoms with Gasteiger partial charge in [0, 0.05) is 5.56 Å². The Balaban J connectivity index is 2.00. The van der Waals surface area contributed by atoms with Gasteiger partial charge in [-0.1, -0.05) is 62.7 Å². The first-order valence-electron chi connectivity index (χ1n) is 9.29. The van der Waals surface area contributed by atoms with Crippen LogP contribution in [0.4, 0.5) is 4.39 Å². The van der Waals surface area contributed by atoms with Gasteiger partial charge in [0.1, 0.15) is 18.2 Å².